The van der Waals surface area contributed by atoms with E-state index in [9.17, 15) is 0 Å². The molecule has 0 heterocycles. The number of hydrogen-bond donors (Lipinski definition) is 1. The molecule has 2 aliphatic rings. The largest absolute Gasteiger partial charge is 0.313 e. The lowest BCUT2D eigenvalue weighted by atomic mass is 9.84. The van der Waals surface area contributed by atoms with Crippen molar-refractivity contribution in [3.63, 3.8) is 0 Å². The van der Waals surface area contributed by atoms with Gasteiger partial charge in [0.25, 0.3) is 0 Å². The molecule has 15 heavy (non-hydrogen) atoms. The molecule has 1 N–H and O–H groups in total. The van der Waals surface area contributed by atoms with Crippen LogP contribution in [0.4, 0.5) is 0 Å². The molecule has 2 saturated carbocycles. The van der Waals surface area contributed by atoms with Crippen molar-refractivity contribution in [2.75, 3.05) is 6.54 Å². The van der Waals surface area contributed by atoms with Crippen LogP contribution < -0.4 is 5.32 Å². The minimum absolute atomic E-state index is 0.707. The van der Waals surface area contributed by atoms with Gasteiger partial charge in [-0.15, -0.1) is 11.8 Å². The van der Waals surface area contributed by atoms with E-state index >= 15 is 0 Å². The summed E-state index contributed by atoms with van der Waals surface area (Å²) in [6.07, 6.45) is 7.01. The van der Waals surface area contributed by atoms with Gasteiger partial charge in [-0.2, -0.15) is 0 Å². The van der Waals surface area contributed by atoms with Crippen molar-refractivity contribution in [3.8, 4) is 11.8 Å². The second-order valence-electron chi connectivity index (χ2n) is 5.26. The summed E-state index contributed by atoms with van der Waals surface area (Å²) in [4.78, 5) is 0. The van der Waals surface area contributed by atoms with Gasteiger partial charge in [-0.25, -0.2) is 0 Å². The zero-order chi connectivity index (χ0) is 10.7. The Kier molecular flexibility index (Phi) is 3.70. The number of nitrogens with one attached hydrogen (secondary N) is 1. The van der Waals surface area contributed by atoms with Crippen LogP contribution in [0.25, 0.3) is 0 Å². The van der Waals surface area contributed by atoms with Gasteiger partial charge in [0, 0.05) is 19.0 Å². The molecule has 0 amide bonds. The van der Waals surface area contributed by atoms with Crippen molar-refractivity contribution in [2.45, 2.75) is 52.0 Å². The predicted molar refractivity (Wildman–Crippen MR) is 64.5 cm³/mol. The lowest BCUT2D eigenvalue weighted by Gasteiger charge is -2.28. The van der Waals surface area contributed by atoms with Crippen LogP contribution in [0.5, 0.6) is 0 Å². The Balaban J connectivity index is 1.71. The monoisotopic (exact) mass is 205 g/mol. The maximum Gasteiger partial charge on any atom is 0.0214 e. The van der Waals surface area contributed by atoms with Crippen molar-refractivity contribution in [3.05, 3.63) is 0 Å². The Morgan fingerprint density at radius 1 is 1.33 bits per heavy atom. The highest BCUT2D eigenvalue weighted by Crippen LogP contribution is 2.49. The summed E-state index contributed by atoms with van der Waals surface area (Å²) in [6.45, 7) is 5.35. The lowest BCUT2D eigenvalue weighted by Crippen LogP contribution is -2.36. The number of hydrogen-bond acceptors (Lipinski definition) is 1. The minimum atomic E-state index is 0.707. The van der Waals surface area contributed by atoms with Crippen LogP contribution in [0.1, 0.15) is 46.0 Å². The van der Waals surface area contributed by atoms with Gasteiger partial charge < -0.3 is 5.32 Å². The summed E-state index contributed by atoms with van der Waals surface area (Å²) in [7, 11) is 0. The van der Waals surface area contributed by atoms with Crippen molar-refractivity contribution in [2.24, 2.45) is 17.8 Å². The molecule has 1 heteroatoms. The Morgan fingerprint density at radius 3 is 2.80 bits per heavy atom. The maximum atomic E-state index is 3.64. The van der Waals surface area contributed by atoms with E-state index < -0.39 is 0 Å². The summed E-state index contributed by atoms with van der Waals surface area (Å²) in [5, 5.41) is 3.64. The predicted octanol–water partition coefficient (Wildman–Crippen LogP) is 2.81. The molecule has 0 aliphatic heterocycles. The molecule has 4 atom stereocenters. The quantitative estimate of drug-likeness (QED) is 0.550. The fourth-order valence-corrected chi connectivity index (χ4v) is 3.55. The molecule has 0 aromatic rings. The average molecular weight is 205 g/mol. The van der Waals surface area contributed by atoms with Gasteiger partial charge in [-0.1, -0.05) is 6.42 Å². The first-order valence-electron chi connectivity index (χ1n) is 6.44. The summed E-state index contributed by atoms with van der Waals surface area (Å²) < 4.78 is 0. The van der Waals surface area contributed by atoms with E-state index in [-0.39, 0.29) is 0 Å². The molecule has 2 rings (SSSR count). The Hall–Kier alpha value is -0.480. The molecule has 0 aromatic heterocycles. The highest BCUT2D eigenvalue weighted by Gasteiger charge is 2.41. The molecule has 4 unspecified atom stereocenters. The van der Waals surface area contributed by atoms with E-state index in [2.05, 4.69) is 24.1 Å². The summed E-state index contributed by atoms with van der Waals surface area (Å²) in [6, 6.07) is 0.707. The zero-order valence-corrected chi connectivity index (χ0v) is 10.1. The molecule has 2 aliphatic carbocycles. The zero-order valence-electron chi connectivity index (χ0n) is 10.1. The van der Waals surface area contributed by atoms with Crippen LogP contribution in [0, 0.1) is 29.6 Å². The van der Waals surface area contributed by atoms with Crippen LogP contribution in [0.2, 0.25) is 0 Å². The van der Waals surface area contributed by atoms with Gasteiger partial charge in [0.05, 0.1) is 0 Å². The van der Waals surface area contributed by atoms with Gasteiger partial charge in [-0.3, -0.25) is 0 Å². The summed E-state index contributed by atoms with van der Waals surface area (Å²) in [5.41, 5.74) is 0. The van der Waals surface area contributed by atoms with Crippen LogP contribution in [0.3, 0.4) is 0 Å². The van der Waals surface area contributed by atoms with E-state index in [1.54, 1.807) is 0 Å². The van der Waals surface area contributed by atoms with E-state index in [1.807, 2.05) is 6.92 Å². The highest BCUT2D eigenvalue weighted by atomic mass is 14.9. The Labute approximate surface area is 94.0 Å². The molecule has 0 radical (unpaired) electrons. The van der Waals surface area contributed by atoms with Crippen LogP contribution in [-0.4, -0.2) is 12.6 Å². The smallest absolute Gasteiger partial charge is 0.0214 e. The van der Waals surface area contributed by atoms with Crippen molar-refractivity contribution in [1.29, 1.82) is 0 Å². The average Bonchev–Trinajstić information content (AvgIpc) is 2.85. The van der Waals surface area contributed by atoms with Gasteiger partial charge in [0.1, 0.15) is 0 Å². The van der Waals surface area contributed by atoms with Gasteiger partial charge in [0.2, 0.25) is 0 Å². The van der Waals surface area contributed by atoms with Crippen LogP contribution in [0.15, 0.2) is 0 Å². The minimum Gasteiger partial charge on any atom is -0.313 e. The first-order chi connectivity index (χ1) is 7.31. The summed E-state index contributed by atoms with van der Waals surface area (Å²) >= 11 is 0. The van der Waals surface area contributed by atoms with Gasteiger partial charge >= 0.3 is 0 Å². The van der Waals surface area contributed by atoms with Crippen molar-refractivity contribution >= 4 is 0 Å². The SMILES string of the molecule is CC#CCCNC(C)C1CC2CCC1C2. The highest BCUT2D eigenvalue weighted by molar-refractivity contribution is 4.97. The van der Waals surface area contributed by atoms with E-state index in [1.165, 1.54) is 25.7 Å². The van der Waals surface area contributed by atoms with E-state index in [0.717, 1.165) is 30.7 Å². The Morgan fingerprint density at radius 2 is 2.20 bits per heavy atom. The first-order valence-corrected chi connectivity index (χ1v) is 6.44. The number of rotatable bonds is 4. The second-order valence-corrected chi connectivity index (χ2v) is 5.26. The molecule has 0 spiro atoms. The van der Waals surface area contributed by atoms with E-state index in [0.29, 0.717) is 6.04 Å². The third-order valence-corrected chi connectivity index (χ3v) is 4.33. The third-order valence-electron chi connectivity index (χ3n) is 4.33. The van der Waals surface area contributed by atoms with Crippen molar-refractivity contribution < 1.29 is 0 Å². The maximum absolute atomic E-state index is 3.64. The third kappa shape index (κ3) is 2.55. The topological polar surface area (TPSA) is 12.0 Å². The van der Waals surface area contributed by atoms with Crippen LogP contribution >= 0.6 is 0 Å². The molecular formula is C14H23N. The first kappa shape index (κ1) is 11.0. The molecule has 0 aromatic carbocycles. The van der Waals surface area contributed by atoms with Gasteiger partial charge in [0.15, 0.2) is 0 Å². The summed E-state index contributed by atoms with van der Waals surface area (Å²) in [5.74, 6) is 9.13. The number of fused-ring (bicyclic) bond motifs is 2. The molecule has 2 bridgehead atoms. The van der Waals surface area contributed by atoms with Crippen LogP contribution in [-0.2, 0) is 0 Å². The second kappa shape index (κ2) is 5.03. The standard InChI is InChI=1S/C14H23N/c1-3-4-5-8-15-11(2)14-10-12-6-7-13(14)9-12/h11-15H,5-10H2,1-2H3. The molecule has 2 fully saturated rings. The molecule has 0 saturated heterocycles. The molecule has 1 nitrogen and oxygen atoms in total. The van der Waals surface area contributed by atoms with E-state index in [4.69, 9.17) is 0 Å². The molecular weight excluding hydrogens is 182 g/mol. The molecule has 84 valence electrons. The Bertz CT molecular complexity index is 260. The normalized spacial score (nSPS) is 34.9. The lowest BCUT2D eigenvalue weighted by molar-refractivity contribution is 0.262. The van der Waals surface area contributed by atoms with Crippen molar-refractivity contribution in [1.82, 2.24) is 5.32 Å². The fourth-order valence-electron chi connectivity index (χ4n) is 3.55. The van der Waals surface area contributed by atoms with Gasteiger partial charge in [-0.05, 0) is 50.9 Å². The fraction of sp³-hybridized carbons (Fsp3) is 0.857.